The van der Waals surface area contributed by atoms with Crippen LogP contribution in [0.2, 0.25) is 0 Å². The number of hydrogen-bond donors (Lipinski definition) is 2. The van der Waals surface area contributed by atoms with Crippen molar-refractivity contribution in [2.45, 2.75) is 31.9 Å². The average Bonchev–Trinajstić information content (AvgIpc) is 2.04. The molecule has 13 heavy (non-hydrogen) atoms. The van der Waals surface area contributed by atoms with Crippen LogP contribution in [0.5, 0.6) is 0 Å². The molecule has 1 aliphatic heterocycles. The molecule has 1 rings (SSSR count). The van der Waals surface area contributed by atoms with Gasteiger partial charge < -0.3 is 9.84 Å². The smallest absolute Gasteiger partial charge is 0.318 e. The van der Waals surface area contributed by atoms with Crippen LogP contribution < -0.4 is 5.32 Å². The largest absolute Gasteiger partial charge is 0.481 e. The molecule has 1 fully saturated rings. The molecule has 0 spiro atoms. The van der Waals surface area contributed by atoms with Crippen LogP contribution >= 0.6 is 0 Å². The molecule has 74 valence electrons. The van der Waals surface area contributed by atoms with Gasteiger partial charge in [-0.15, -0.1) is 0 Å². The molecule has 1 aliphatic rings. The van der Waals surface area contributed by atoms with Crippen molar-refractivity contribution >= 4 is 11.9 Å². The zero-order valence-corrected chi connectivity index (χ0v) is 7.28. The van der Waals surface area contributed by atoms with E-state index in [1.807, 2.05) is 0 Å². The molecular weight excluding hydrogens is 174 g/mol. The number of hydrogen-bond acceptors (Lipinski definition) is 4. The van der Waals surface area contributed by atoms with Gasteiger partial charge in [0, 0.05) is 0 Å². The first-order valence-electron chi connectivity index (χ1n) is 4.33. The lowest BCUT2D eigenvalue weighted by Crippen LogP contribution is -2.38. The molecule has 2 N–H and O–H groups in total. The minimum atomic E-state index is -1.15. The molecular formula is C8H13NO4. The summed E-state index contributed by atoms with van der Waals surface area (Å²) in [5.74, 6) is -1.83. The highest BCUT2D eigenvalue weighted by atomic mass is 16.6. The Hall–Kier alpha value is -1.10. The van der Waals surface area contributed by atoms with E-state index in [1.165, 1.54) is 0 Å². The molecule has 0 radical (unpaired) electrons. The summed E-state index contributed by atoms with van der Waals surface area (Å²) >= 11 is 0. The summed E-state index contributed by atoms with van der Waals surface area (Å²) in [6.07, 6.45) is 2.01. The third-order valence-electron chi connectivity index (χ3n) is 1.83. The Bertz CT molecular complexity index is 198. The molecule has 1 unspecified atom stereocenters. The van der Waals surface area contributed by atoms with Crippen molar-refractivity contribution in [1.29, 1.82) is 0 Å². The van der Waals surface area contributed by atoms with Gasteiger partial charge in [0.1, 0.15) is 6.42 Å². The van der Waals surface area contributed by atoms with Crippen LogP contribution in [0.1, 0.15) is 25.7 Å². The monoisotopic (exact) mass is 187 g/mol. The number of piperidine rings is 1. The molecule has 5 nitrogen and oxygen atoms in total. The SMILES string of the molecule is O=C(O)CC(=O)OC1CCCCN1. The van der Waals surface area contributed by atoms with E-state index in [-0.39, 0.29) is 6.23 Å². The first-order valence-corrected chi connectivity index (χ1v) is 4.33. The van der Waals surface area contributed by atoms with E-state index in [9.17, 15) is 9.59 Å². The van der Waals surface area contributed by atoms with Gasteiger partial charge in [-0.3, -0.25) is 14.9 Å². The molecule has 1 saturated heterocycles. The summed E-state index contributed by atoms with van der Waals surface area (Å²) < 4.78 is 4.87. The normalized spacial score (nSPS) is 22.3. The lowest BCUT2D eigenvalue weighted by Gasteiger charge is -2.22. The molecule has 0 saturated carbocycles. The van der Waals surface area contributed by atoms with Crippen LogP contribution in [0.3, 0.4) is 0 Å². The van der Waals surface area contributed by atoms with Crippen LogP contribution in [0.4, 0.5) is 0 Å². The van der Waals surface area contributed by atoms with Gasteiger partial charge >= 0.3 is 11.9 Å². The Morgan fingerprint density at radius 2 is 2.23 bits per heavy atom. The average molecular weight is 187 g/mol. The molecule has 0 aromatic carbocycles. The van der Waals surface area contributed by atoms with E-state index in [2.05, 4.69) is 5.32 Å². The summed E-state index contributed by atoms with van der Waals surface area (Å²) in [5.41, 5.74) is 0. The van der Waals surface area contributed by atoms with Crippen molar-refractivity contribution in [3.8, 4) is 0 Å². The van der Waals surface area contributed by atoms with Crippen molar-refractivity contribution in [3.05, 3.63) is 0 Å². The summed E-state index contributed by atoms with van der Waals surface area (Å²) in [6, 6.07) is 0. The highest BCUT2D eigenvalue weighted by Crippen LogP contribution is 2.08. The molecule has 0 aromatic rings. The second-order valence-electron chi connectivity index (χ2n) is 3.00. The third kappa shape index (κ3) is 3.89. The fourth-order valence-electron chi connectivity index (χ4n) is 1.24. The Balaban J connectivity index is 2.22. The van der Waals surface area contributed by atoms with E-state index < -0.39 is 18.4 Å². The second kappa shape index (κ2) is 4.81. The molecule has 0 aliphatic carbocycles. The zero-order valence-electron chi connectivity index (χ0n) is 7.28. The number of carboxylic acid groups (broad SMARTS) is 1. The van der Waals surface area contributed by atoms with Gasteiger partial charge in [-0.2, -0.15) is 0 Å². The predicted octanol–water partition coefficient (Wildman–Crippen LogP) is 0.104. The van der Waals surface area contributed by atoms with E-state index in [0.29, 0.717) is 0 Å². The second-order valence-corrected chi connectivity index (χ2v) is 3.00. The highest BCUT2D eigenvalue weighted by Gasteiger charge is 2.18. The van der Waals surface area contributed by atoms with E-state index in [1.54, 1.807) is 0 Å². The maximum absolute atomic E-state index is 10.9. The number of nitrogens with one attached hydrogen (secondary N) is 1. The van der Waals surface area contributed by atoms with Gasteiger partial charge in [0.05, 0.1) is 0 Å². The first kappa shape index (κ1) is 9.98. The van der Waals surface area contributed by atoms with Crippen LogP contribution in [0.25, 0.3) is 0 Å². The fourth-order valence-corrected chi connectivity index (χ4v) is 1.24. The molecule has 0 amide bonds. The topological polar surface area (TPSA) is 75.6 Å². The van der Waals surface area contributed by atoms with E-state index >= 15 is 0 Å². The zero-order chi connectivity index (χ0) is 9.68. The molecule has 0 bridgehead atoms. The van der Waals surface area contributed by atoms with Crippen molar-refractivity contribution in [2.75, 3.05) is 6.54 Å². The number of carbonyl (C=O) groups is 2. The number of carbonyl (C=O) groups excluding carboxylic acids is 1. The van der Waals surface area contributed by atoms with Gasteiger partial charge in [-0.25, -0.2) is 0 Å². The van der Waals surface area contributed by atoms with E-state index in [0.717, 1.165) is 25.8 Å². The standard InChI is InChI=1S/C8H13NO4/c10-7(11)5-8(12)13-6-3-1-2-4-9-6/h6,9H,1-5H2,(H,10,11). The van der Waals surface area contributed by atoms with Crippen molar-refractivity contribution in [2.24, 2.45) is 0 Å². The molecule has 0 aromatic heterocycles. The number of carboxylic acids is 1. The fraction of sp³-hybridized carbons (Fsp3) is 0.750. The van der Waals surface area contributed by atoms with Gasteiger partial charge in [0.25, 0.3) is 0 Å². The molecule has 1 atom stereocenters. The quantitative estimate of drug-likeness (QED) is 0.484. The Morgan fingerprint density at radius 1 is 1.46 bits per heavy atom. The number of aliphatic carboxylic acids is 1. The molecule has 5 heteroatoms. The summed E-state index contributed by atoms with van der Waals surface area (Å²) in [6.45, 7) is 0.824. The minimum absolute atomic E-state index is 0.291. The van der Waals surface area contributed by atoms with E-state index in [4.69, 9.17) is 9.84 Å². The van der Waals surface area contributed by atoms with Gasteiger partial charge in [0.2, 0.25) is 0 Å². The minimum Gasteiger partial charge on any atom is -0.481 e. The number of rotatable bonds is 3. The van der Waals surface area contributed by atoms with Crippen molar-refractivity contribution in [1.82, 2.24) is 5.32 Å². The van der Waals surface area contributed by atoms with Crippen LogP contribution in [-0.4, -0.2) is 29.8 Å². The van der Waals surface area contributed by atoms with Gasteiger partial charge in [0.15, 0.2) is 6.23 Å². The number of esters is 1. The maximum atomic E-state index is 10.9. The van der Waals surface area contributed by atoms with Gasteiger partial charge in [-0.05, 0) is 25.8 Å². The highest BCUT2D eigenvalue weighted by molar-refractivity contribution is 5.90. The van der Waals surface area contributed by atoms with Crippen molar-refractivity contribution in [3.63, 3.8) is 0 Å². The predicted molar refractivity (Wildman–Crippen MR) is 44.0 cm³/mol. The van der Waals surface area contributed by atoms with Crippen LogP contribution in [-0.2, 0) is 14.3 Å². The third-order valence-corrected chi connectivity index (χ3v) is 1.83. The maximum Gasteiger partial charge on any atom is 0.318 e. The summed E-state index contributed by atoms with van der Waals surface area (Å²) in [4.78, 5) is 21.0. The Kier molecular flexibility index (Phi) is 3.70. The van der Waals surface area contributed by atoms with Crippen LogP contribution in [0.15, 0.2) is 0 Å². The van der Waals surface area contributed by atoms with Gasteiger partial charge in [-0.1, -0.05) is 0 Å². The van der Waals surface area contributed by atoms with Crippen LogP contribution in [0, 0.1) is 0 Å². The summed E-state index contributed by atoms with van der Waals surface area (Å²) in [7, 11) is 0. The first-order chi connectivity index (χ1) is 6.18. The Morgan fingerprint density at radius 3 is 2.77 bits per heavy atom. The lowest BCUT2D eigenvalue weighted by molar-refractivity contribution is -0.157. The summed E-state index contributed by atoms with van der Waals surface area (Å²) in [5, 5.41) is 11.3. The lowest BCUT2D eigenvalue weighted by atomic mass is 10.1. The molecule has 1 heterocycles. The Labute approximate surface area is 76.1 Å². The van der Waals surface area contributed by atoms with Crippen molar-refractivity contribution < 1.29 is 19.4 Å². The number of ether oxygens (including phenoxy) is 1.